The van der Waals surface area contributed by atoms with Gasteiger partial charge in [0, 0.05) is 23.7 Å². The summed E-state index contributed by atoms with van der Waals surface area (Å²) in [4.78, 5) is 3.23. The Morgan fingerprint density at radius 1 is 1.29 bits per heavy atom. The lowest BCUT2D eigenvalue weighted by Crippen LogP contribution is -2.00. The maximum atomic E-state index is 12.3. The molecule has 0 aromatic carbocycles. The van der Waals surface area contributed by atoms with Gasteiger partial charge in [-0.15, -0.1) is 11.3 Å². The summed E-state index contributed by atoms with van der Waals surface area (Å²) in [5.41, 5.74) is 0.932. The molecule has 2 rings (SSSR count). The SMILES string of the molecule is Cc1ccnc(Oc2csc(C(F)(F)F)c2)c1. The van der Waals surface area contributed by atoms with Crippen LogP contribution in [0, 0.1) is 6.92 Å². The van der Waals surface area contributed by atoms with E-state index in [9.17, 15) is 13.2 Å². The van der Waals surface area contributed by atoms with Crippen molar-refractivity contribution in [2.75, 3.05) is 0 Å². The first-order chi connectivity index (χ1) is 7.95. The van der Waals surface area contributed by atoms with Crippen LogP contribution in [0.25, 0.3) is 0 Å². The van der Waals surface area contributed by atoms with Gasteiger partial charge in [-0.05, 0) is 18.6 Å². The second-order valence-electron chi connectivity index (χ2n) is 3.42. The monoisotopic (exact) mass is 259 g/mol. The van der Waals surface area contributed by atoms with Crippen LogP contribution in [0.15, 0.2) is 29.8 Å². The number of hydrogen-bond acceptors (Lipinski definition) is 3. The third-order valence-electron chi connectivity index (χ3n) is 1.97. The van der Waals surface area contributed by atoms with Crippen LogP contribution in [0.4, 0.5) is 13.2 Å². The summed E-state index contributed by atoms with van der Waals surface area (Å²) in [6.07, 6.45) is -2.78. The Hall–Kier alpha value is -1.56. The predicted octanol–water partition coefficient (Wildman–Crippen LogP) is 4.26. The Labute approximate surface area is 99.7 Å². The van der Waals surface area contributed by atoms with Crippen molar-refractivity contribution in [2.24, 2.45) is 0 Å². The highest BCUT2D eigenvalue weighted by Gasteiger charge is 2.32. The molecule has 0 aliphatic heterocycles. The van der Waals surface area contributed by atoms with E-state index in [1.54, 1.807) is 18.3 Å². The van der Waals surface area contributed by atoms with Crippen molar-refractivity contribution in [3.05, 3.63) is 40.2 Å². The van der Waals surface area contributed by atoms with E-state index in [1.165, 1.54) is 5.38 Å². The molecule has 0 unspecified atom stereocenters. The molecule has 0 radical (unpaired) electrons. The number of aryl methyl sites for hydroxylation is 1. The molecule has 2 aromatic rings. The first-order valence-corrected chi connectivity index (χ1v) is 5.59. The van der Waals surface area contributed by atoms with Gasteiger partial charge in [-0.25, -0.2) is 4.98 Å². The van der Waals surface area contributed by atoms with Crippen molar-refractivity contribution in [1.29, 1.82) is 0 Å². The fourth-order valence-corrected chi connectivity index (χ4v) is 1.88. The molecule has 2 aromatic heterocycles. The first-order valence-electron chi connectivity index (χ1n) is 4.71. The van der Waals surface area contributed by atoms with Crippen molar-refractivity contribution in [2.45, 2.75) is 13.1 Å². The average Bonchev–Trinajstić information content (AvgIpc) is 2.65. The third kappa shape index (κ3) is 2.97. The average molecular weight is 259 g/mol. The minimum atomic E-state index is -4.33. The smallest absolute Gasteiger partial charge is 0.425 e. The Morgan fingerprint density at radius 2 is 2.06 bits per heavy atom. The number of ether oxygens (including phenoxy) is 1. The zero-order valence-electron chi connectivity index (χ0n) is 8.78. The van der Waals surface area contributed by atoms with Crippen LogP contribution < -0.4 is 4.74 Å². The number of hydrogen-bond donors (Lipinski definition) is 0. The molecule has 0 atom stereocenters. The van der Waals surface area contributed by atoms with Crippen LogP contribution in [0.1, 0.15) is 10.4 Å². The van der Waals surface area contributed by atoms with E-state index in [0.717, 1.165) is 11.6 Å². The van der Waals surface area contributed by atoms with Crippen LogP contribution in [0.5, 0.6) is 11.6 Å². The maximum absolute atomic E-state index is 12.3. The second kappa shape index (κ2) is 4.37. The Bertz CT molecular complexity index is 521. The molecule has 90 valence electrons. The minimum Gasteiger partial charge on any atom is -0.438 e. The summed E-state index contributed by atoms with van der Waals surface area (Å²) in [7, 11) is 0. The van der Waals surface area contributed by atoms with E-state index in [2.05, 4.69) is 4.98 Å². The van der Waals surface area contributed by atoms with Gasteiger partial charge >= 0.3 is 6.18 Å². The largest absolute Gasteiger partial charge is 0.438 e. The van der Waals surface area contributed by atoms with Crippen LogP contribution in [0.3, 0.4) is 0 Å². The van der Waals surface area contributed by atoms with Gasteiger partial charge < -0.3 is 4.74 Å². The van der Waals surface area contributed by atoms with Gasteiger partial charge in [0.25, 0.3) is 0 Å². The Kier molecular flexibility index (Phi) is 3.06. The lowest BCUT2D eigenvalue weighted by atomic mass is 10.3. The van der Waals surface area contributed by atoms with Crippen LogP contribution >= 0.6 is 11.3 Å². The van der Waals surface area contributed by atoms with Gasteiger partial charge in [0.2, 0.25) is 5.88 Å². The van der Waals surface area contributed by atoms with Gasteiger partial charge in [-0.3, -0.25) is 0 Å². The Balaban J connectivity index is 2.17. The maximum Gasteiger partial charge on any atom is 0.425 e. The molecule has 6 heteroatoms. The lowest BCUT2D eigenvalue weighted by Gasteiger charge is -2.03. The van der Waals surface area contributed by atoms with E-state index < -0.39 is 11.1 Å². The number of nitrogens with zero attached hydrogens (tertiary/aromatic N) is 1. The molecule has 0 saturated heterocycles. The molecule has 0 fully saturated rings. The molecule has 0 saturated carbocycles. The molecule has 0 amide bonds. The van der Waals surface area contributed by atoms with E-state index in [1.807, 2.05) is 6.92 Å². The zero-order chi connectivity index (χ0) is 12.5. The quantitative estimate of drug-likeness (QED) is 0.803. The van der Waals surface area contributed by atoms with E-state index in [0.29, 0.717) is 11.3 Å². The third-order valence-corrected chi connectivity index (χ3v) is 2.92. The molecule has 0 bridgehead atoms. The van der Waals surface area contributed by atoms with Crippen LogP contribution in [-0.4, -0.2) is 4.98 Å². The number of alkyl halides is 3. The van der Waals surface area contributed by atoms with Crippen LogP contribution in [-0.2, 0) is 6.18 Å². The summed E-state index contributed by atoms with van der Waals surface area (Å²) in [5.74, 6) is 0.442. The summed E-state index contributed by atoms with van der Waals surface area (Å²) >= 11 is 0.602. The normalized spacial score (nSPS) is 11.5. The highest BCUT2D eigenvalue weighted by atomic mass is 32.1. The van der Waals surface area contributed by atoms with Crippen molar-refractivity contribution in [3.8, 4) is 11.6 Å². The molecular weight excluding hydrogens is 251 g/mol. The fraction of sp³-hybridized carbons (Fsp3) is 0.182. The van der Waals surface area contributed by atoms with Gasteiger partial charge in [0.1, 0.15) is 10.6 Å². The van der Waals surface area contributed by atoms with Crippen LogP contribution in [0.2, 0.25) is 0 Å². The molecule has 0 aliphatic rings. The number of rotatable bonds is 2. The molecular formula is C11H8F3NOS. The summed E-state index contributed by atoms with van der Waals surface area (Å²) in [5, 5.41) is 1.31. The van der Waals surface area contributed by atoms with Crippen molar-refractivity contribution in [3.63, 3.8) is 0 Å². The molecule has 2 nitrogen and oxygen atoms in total. The van der Waals surface area contributed by atoms with Gasteiger partial charge in [-0.1, -0.05) is 0 Å². The number of halogens is 3. The van der Waals surface area contributed by atoms with Crippen molar-refractivity contribution >= 4 is 11.3 Å². The van der Waals surface area contributed by atoms with Crippen molar-refractivity contribution < 1.29 is 17.9 Å². The standard InChI is InChI=1S/C11H8F3NOS/c1-7-2-3-15-10(4-7)16-8-5-9(17-6-8)11(12,13)14/h2-6H,1H3. The summed E-state index contributed by atoms with van der Waals surface area (Å²) in [6.45, 7) is 1.85. The van der Waals surface area contributed by atoms with Gasteiger partial charge in [-0.2, -0.15) is 13.2 Å². The molecule has 0 spiro atoms. The van der Waals surface area contributed by atoms with Gasteiger partial charge in [0.15, 0.2) is 0 Å². The topological polar surface area (TPSA) is 22.1 Å². The highest BCUT2D eigenvalue weighted by Crippen LogP contribution is 2.37. The highest BCUT2D eigenvalue weighted by molar-refractivity contribution is 7.10. The first kappa shape index (κ1) is 11.9. The van der Waals surface area contributed by atoms with Crippen molar-refractivity contribution in [1.82, 2.24) is 4.98 Å². The summed E-state index contributed by atoms with van der Waals surface area (Å²) in [6, 6.07) is 4.40. The fourth-order valence-electron chi connectivity index (χ4n) is 1.21. The van der Waals surface area contributed by atoms with E-state index in [4.69, 9.17) is 4.74 Å². The summed E-state index contributed by atoms with van der Waals surface area (Å²) < 4.78 is 42.3. The molecule has 0 N–H and O–H groups in total. The van der Waals surface area contributed by atoms with E-state index >= 15 is 0 Å². The number of aromatic nitrogens is 1. The molecule has 17 heavy (non-hydrogen) atoms. The van der Waals surface area contributed by atoms with E-state index in [-0.39, 0.29) is 11.6 Å². The second-order valence-corrected chi connectivity index (χ2v) is 4.33. The predicted molar refractivity (Wildman–Crippen MR) is 58.4 cm³/mol. The number of thiophene rings is 1. The zero-order valence-corrected chi connectivity index (χ0v) is 9.60. The van der Waals surface area contributed by atoms with Gasteiger partial charge in [0.05, 0.1) is 0 Å². The minimum absolute atomic E-state index is 0.153. The molecule has 0 aliphatic carbocycles. The Morgan fingerprint density at radius 3 is 2.65 bits per heavy atom. The lowest BCUT2D eigenvalue weighted by molar-refractivity contribution is -0.134. The molecule has 2 heterocycles. The number of pyridine rings is 1.